The van der Waals surface area contributed by atoms with E-state index >= 15 is 0 Å². The average molecular weight is 399 g/mol. The van der Waals surface area contributed by atoms with Crippen LogP contribution in [-0.2, 0) is 9.53 Å². The minimum Gasteiger partial charge on any atom is -0.367 e. The Morgan fingerprint density at radius 3 is 2.45 bits per heavy atom. The predicted molar refractivity (Wildman–Crippen MR) is 108 cm³/mol. The van der Waals surface area contributed by atoms with Crippen LogP contribution in [0.25, 0.3) is 0 Å². The number of carbonyl (C=O) groups excluding carboxylic acids is 2. The predicted octanol–water partition coefficient (Wildman–Crippen LogP) is 2.40. The minimum absolute atomic E-state index is 0.0542. The number of hydrogen-bond acceptors (Lipinski definition) is 5. The molecule has 1 saturated carbocycles. The Morgan fingerprint density at radius 2 is 1.83 bits per heavy atom. The third kappa shape index (κ3) is 5.41. The van der Waals surface area contributed by atoms with Crippen LogP contribution < -0.4 is 10.6 Å². The van der Waals surface area contributed by atoms with Gasteiger partial charge in [-0.05, 0) is 45.1 Å². The first-order chi connectivity index (χ1) is 14.0. The maximum Gasteiger partial charge on any atom is 0.273 e. The summed E-state index contributed by atoms with van der Waals surface area (Å²) in [5.74, 6) is -0.325. The van der Waals surface area contributed by atoms with Crippen LogP contribution in [0.5, 0.6) is 0 Å². The van der Waals surface area contributed by atoms with E-state index in [1.54, 1.807) is 18.0 Å². The molecule has 29 heavy (non-hydrogen) atoms. The number of aromatic nitrogens is 3. The van der Waals surface area contributed by atoms with Crippen molar-refractivity contribution >= 4 is 11.8 Å². The van der Waals surface area contributed by atoms with Crippen LogP contribution in [0.1, 0.15) is 67.7 Å². The van der Waals surface area contributed by atoms with Gasteiger partial charge in [-0.1, -0.05) is 35.5 Å². The molecule has 0 aliphatic heterocycles. The summed E-state index contributed by atoms with van der Waals surface area (Å²) >= 11 is 0. The number of rotatable bonds is 7. The second-order valence-electron chi connectivity index (χ2n) is 7.75. The SMILES string of the molecule is CO[C@@H](C(=O)NC1CCC(n2cc(C(=O)NC(C)C)nn2)CC1)c1ccccc1. The molecule has 2 amide bonds. The normalized spacial score (nSPS) is 20.3. The van der Waals surface area contributed by atoms with Crippen LogP contribution in [0.3, 0.4) is 0 Å². The second-order valence-corrected chi connectivity index (χ2v) is 7.75. The van der Waals surface area contributed by atoms with Crippen molar-refractivity contribution in [2.24, 2.45) is 0 Å². The van der Waals surface area contributed by atoms with E-state index in [0.717, 1.165) is 31.2 Å². The summed E-state index contributed by atoms with van der Waals surface area (Å²) < 4.78 is 7.18. The molecule has 1 atom stereocenters. The van der Waals surface area contributed by atoms with Crippen LogP contribution in [0.2, 0.25) is 0 Å². The summed E-state index contributed by atoms with van der Waals surface area (Å²) in [6.07, 6.45) is 4.51. The van der Waals surface area contributed by atoms with Crippen molar-refractivity contribution in [3.05, 3.63) is 47.8 Å². The maximum atomic E-state index is 12.7. The molecule has 1 aliphatic rings. The van der Waals surface area contributed by atoms with Gasteiger partial charge in [0.1, 0.15) is 0 Å². The highest BCUT2D eigenvalue weighted by Gasteiger charge is 2.28. The number of carbonyl (C=O) groups is 2. The molecule has 0 bridgehead atoms. The number of nitrogens with one attached hydrogen (secondary N) is 2. The molecule has 1 aromatic carbocycles. The third-order valence-electron chi connectivity index (χ3n) is 5.16. The molecule has 2 aromatic rings. The van der Waals surface area contributed by atoms with Crippen molar-refractivity contribution in [2.75, 3.05) is 7.11 Å². The highest BCUT2D eigenvalue weighted by molar-refractivity contribution is 5.92. The van der Waals surface area contributed by atoms with Crippen LogP contribution in [0, 0.1) is 0 Å². The highest BCUT2D eigenvalue weighted by Crippen LogP contribution is 2.28. The molecule has 0 radical (unpaired) electrons. The first-order valence-corrected chi connectivity index (χ1v) is 10.1. The van der Waals surface area contributed by atoms with E-state index < -0.39 is 6.10 Å². The molecule has 156 valence electrons. The Morgan fingerprint density at radius 1 is 1.14 bits per heavy atom. The van der Waals surface area contributed by atoms with E-state index in [4.69, 9.17) is 4.74 Å². The fourth-order valence-electron chi connectivity index (χ4n) is 3.68. The van der Waals surface area contributed by atoms with Gasteiger partial charge in [0.2, 0.25) is 0 Å². The highest BCUT2D eigenvalue weighted by atomic mass is 16.5. The molecule has 8 heteroatoms. The van der Waals surface area contributed by atoms with E-state index in [0.29, 0.717) is 5.69 Å². The lowest BCUT2D eigenvalue weighted by molar-refractivity contribution is -0.132. The molecule has 8 nitrogen and oxygen atoms in total. The van der Waals surface area contributed by atoms with Crippen LogP contribution in [0.4, 0.5) is 0 Å². The molecule has 0 unspecified atom stereocenters. The lowest BCUT2D eigenvalue weighted by Gasteiger charge is -2.30. The van der Waals surface area contributed by atoms with E-state index in [9.17, 15) is 9.59 Å². The van der Waals surface area contributed by atoms with Crippen molar-refractivity contribution in [3.8, 4) is 0 Å². The first-order valence-electron chi connectivity index (χ1n) is 10.1. The van der Waals surface area contributed by atoms with Gasteiger partial charge in [0.05, 0.1) is 12.2 Å². The zero-order valence-corrected chi connectivity index (χ0v) is 17.2. The Hall–Kier alpha value is -2.74. The number of hydrogen-bond donors (Lipinski definition) is 2. The van der Waals surface area contributed by atoms with Gasteiger partial charge in [0.25, 0.3) is 11.8 Å². The molecule has 2 N–H and O–H groups in total. The zero-order chi connectivity index (χ0) is 20.8. The number of nitrogens with zero attached hydrogens (tertiary/aromatic N) is 3. The van der Waals surface area contributed by atoms with E-state index in [1.165, 1.54) is 0 Å². The van der Waals surface area contributed by atoms with Crippen molar-refractivity contribution in [1.29, 1.82) is 0 Å². The summed E-state index contributed by atoms with van der Waals surface area (Å²) in [5.41, 5.74) is 1.18. The monoisotopic (exact) mass is 399 g/mol. The number of benzene rings is 1. The van der Waals surface area contributed by atoms with Crippen molar-refractivity contribution in [3.63, 3.8) is 0 Å². The molecule has 3 rings (SSSR count). The fraction of sp³-hybridized carbons (Fsp3) is 0.524. The molecular formula is C21H29N5O3. The Bertz CT molecular complexity index is 813. The average Bonchev–Trinajstić information content (AvgIpc) is 3.20. The van der Waals surface area contributed by atoms with Gasteiger partial charge < -0.3 is 15.4 Å². The van der Waals surface area contributed by atoms with Gasteiger partial charge in [-0.3, -0.25) is 9.59 Å². The quantitative estimate of drug-likeness (QED) is 0.745. The topological polar surface area (TPSA) is 98.1 Å². The number of ether oxygens (including phenoxy) is 1. The van der Waals surface area contributed by atoms with Gasteiger partial charge in [-0.25, -0.2) is 4.68 Å². The Labute approximate surface area is 171 Å². The van der Waals surface area contributed by atoms with Gasteiger partial charge >= 0.3 is 0 Å². The standard InChI is InChI=1S/C21H29N5O3/c1-14(2)22-20(27)18-13-26(25-24-18)17-11-9-16(10-12-17)23-21(28)19(29-3)15-7-5-4-6-8-15/h4-8,13-14,16-17,19H,9-12H2,1-3H3,(H,22,27)(H,23,28)/t16?,17?,19-/m1/s1. The smallest absolute Gasteiger partial charge is 0.273 e. The van der Waals surface area contributed by atoms with Crippen molar-refractivity contribution in [1.82, 2.24) is 25.6 Å². The number of amides is 2. The summed E-state index contributed by atoms with van der Waals surface area (Å²) in [4.78, 5) is 24.7. The summed E-state index contributed by atoms with van der Waals surface area (Å²) in [5, 5.41) is 14.1. The first kappa shape index (κ1) is 21.0. The third-order valence-corrected chi connectivity index (χ3v) is 5.16. The molecule has 1 heterocycles. The molecule has 1 aromatic heterocycles. The van der Waals surface area contributed by atoms with E-state index in [-0.39, 0.29) is 29.9 Å². The van der Waals surface area contributed by atoms with Gasteiger partial charge in [-0.2, -0.15) is 0 Å². The van der Waals surface area contributed by atoms with E-state index in [2.05, 4.69) is 20.9 Å². The van der Waals surface area contributed by atoms with E-state index in [1.807, 2.05) is 44.2 Å². The summed E-state index contributed by atoms with van der Waals surface area (Å²) in [6, 6.07) is 9.83. The summed E-state index contributed by atoms with van der Waals surface area (Å²) in [6.45, 7) is 3.81. The van der Waals surface area contributed by atoms with Gasteiger partial charge in [-0.15, -0.1) is 5.10 Å². The van der Waals surface area contributed by atoms with Crippen molar-refractivity contribution < 1.29 is 14.3 Å². The molecule has 1 aliphatic carbocycles. The fourth-order valence-corrected chi connectivity index (χ4v) is 3.68. The minimum atomic E-state index is -0.605. The second kappa shape index (κ2) is 9.65. The lowest BCUT2D eigenvalue weighted by atomic mass is 9.91. The Balaban J connectivity index is 1.52. The molecule has 0 saturated heterocycles. The molecule has 0 spiro atoms. The number of methoxy groups -OCH3 is 1. The Kier molecular flexibility index (Phi) is 6.98. The van der Waals surface area contributed by atoms with Gasteiger partial charge in [0, 0.05) is 19.2 Å². The lowest BCUT2D eigenvalue weighted by Crippen LogP contribution is -2.41. The molecular weight excluding hydrogens is 370 g/mol. The van der Waals surface area contributed by atoms with Crippen molar-refractivity contribution in [2.45, 2.75) is 63.8 Å². The van der Waals surface area contributed by atoms with Crippen LogP contribution >= 0.6 is 0 Å². The van der Waals surface area contributed by atoms with Gasteiger partial charge in [0.15, 0.2) is 11.8 Å². The largest absolute Gasteiger partial charge is 0.367 e. The van der Waals surface area contributed by atoms with Crippen LogP contribution in [0.15, 0.2) is 36.5 Å². The zero-order valence-electron chi connectivity index (χ0n) is 17.2. The molecule has 1 fully saturated rings. The maximum absolute atomic E-state index is 12.7. The summed E-state index contributed by atoms with van der Waals surface area (Å²) in [7, 11) is 1.55. The van der Waals surface area contributed by atoms with Crippen LogP contribution in [-0.4, -0.2) is 46.0 Å².